The van der Waals surface area contributed by atoms with Crippen molar-refractivity contribution in [3.05, 3.63) is 28.8 Å². The minimum absolute atomic E-state index is 0.114. The third kappa shape index (κ3) is 2.92. The molecule has 0 spiro atoms. The lowest BCUT2D eigenvalue weighted by Gasteiger charge is -2.13. The number of aliphatic carboxylic acids is 1. The van der Waals surface area contributed by atoms with Crippen LogP contribution in [-0.2, 0) is 16.0 Å². The van der Waals surface area contributed by atoms with Crippen molar-refractivity contribution >= 4 is 11.9 Å². The number of carbonyl (C=O) groups excluding carboxylic acids is 1. The minimum atomic E-state index is -0.924. The van der Waals surface area contributed by atoms with Crippen LogP contribution in [-0.4, -0.2) is 29.6 Å². The molecule has 1 aliphatic heterocycles. The number of hydrogen-bond acceptors (Lipinski definition) is 3. The molecule has 5 heteroatoms. The highest BCUT2D eigenvalue weighted by molar-refractivity contribution is 5.83. The van der Waals surface area contributed by atoms with E-state index in [0.717, 1.165) is 16.9 Å². The summed E-state index contributed by atoms with van der Waals surface area (Å²) < 4.78 is 5.64. The zero-order valence-corrected chi connectivity index (χ0v) is 11.9. The average Bonchev–Trinajstić information content (AvgIpc) is 2.78. The molecule has 5 nitrogen and oxygen atoms in total. The van der Waals surface area contributed by atoms with Crippen LogP contribution >= 0.6 is 0 Å². The summed E-state index contributed by atoms with van der Waals surface area (Å²) in [6, 6.07) is 3.98. The summed E-state index contributed by atoms with van der Waals surface area (Å²) in [5, 5.41) is 11.4. The Morgan fingerprint density at radius 2 is 2.05 bits per heavy atom. The molecule has 2 atom stereocenters. The number of amides is 1. The quantitative estimate of drug-likeness (QED) is 0.873. The van der Waals surface area contributed by atoms with Crippen molar-refractivity contribution in [3.63, 3.8) is 0 Å². The van der Waals surface area contributed by atoms with E-state index >= 15 is 0 Å². The smallest absolute Gasteiger partial charge is 0.308 e. The second kappa shape index (κ2) is 5.53. The van der Waals surface area contributed by atoms with E-state index in [1.54, 1.807) is 6.92 Å². The van der Waals surface area contributed by atoms with Gasteiger partial charge in [0.1, 0.15) is 5.75 Å². The molecule has 0 aliphatic carbocycles. The predicted molar refractivity (Wildman–Crippen MR) is 73.8 cm³/mol. The van der Waals surface area contributed by atoms with Gasteiger partial charge in [-0.2, -0.15) is 0 Å². The molecule has 108 valence electrons. The second-order valence-electron chi connectivity index (χ2n) is 5.34. The van der Waals surface area contributed by atoms with Crippen LogP contribution in [0.2, 0.25) is 0 Å². The van der Waals surface area contributed by atoms with Gasteiger partial charge in [0, 0.05) is 13.0 Å². The van der Waals surface area contributed by atoms with Gasteiger partial charge in [0.15, 0.2) is 6.10 Å². The molecule has 0 bridgehead atoms. The Labute approximate surface area is 117 Å². The lowest BCUT2D eigenvalue weighted by molar-refractivity contribution is -0.141. The molecule has 1 aromatic carbocycles. The Balaban J connectivity index is 1.97. The van der Waals surface area contributed by atoms with Gasteiger partial charge in [0.05, 0.1) is 5.92 Å². The van der Waals surface area contributed by atoms with E-state index in [-0.39, 0.29) is 12.5 Å². The van der Waals surface area contributed by atoms with Crippen LogP contribution in [0.4, 0.5) is 0 Å². The van der Waals surface area contributed by atoms with E-state index in [2.05, 4.69) is 5.32 Å². The van der Waals surface area contributed by atoms with Crippen molar-refractivity contribution < 1.29 is 19.4 Å². The molecule has 1 heterocycles. The van der Waals surface area contributed by atoms with Crippen molar-refractivity contribution in [2.45, 2.75) is 33.3 Å². The van der Waals surface area contributed by atoms with Crippen molar-refractivity contribution in [1.82, 2.24) is 5.32 Å². The molecular weight excluding hydrogens is 258 g/mol. The molecule has 2 N–H and O–H groups in total. The Bertz CT molecular complexity index is 522. The van der Waals surface area contributed by atoms with Gasteiger partial charge < -0.3 is 15.2 Å². The number of carbonyl (C=O) groups is 2. The lowest BCUT2D eigenvalue weighted by atomic mass is 10.0. The second-order valence-corrected chi connectivity index (χ2v) is 5.34. The summed E-state index contributed by atoms with van der Waals surface area (Å²) in [5.74, 6) is -1.04. The molecule has 0 aromatic heterocycles. The summed E-state index contributed by atoms with van der Waals surface area (Å²) in [6.45, 7) is 5.69. The van der Waals surface area contributed by atoms with Crippen LogP contribution in [0, 0.1) is 19.8 Å². The van der Waals surface area contributed by atoms with E-state index in [9.17, 15) is 9.59 Å². The standard InChI is InChI=1S/C15H19NO4/c1-8-4-11-6-13(20-12(11)5-9(8)2)14(17)16-7-10(3)15(18)19/h4-5,10,13H,6-7H2,1-3H3,(H,16,17)(H,18,19)/t10-,13+/m0/s1. The molecule has 0 fully saturated rings. The average molecular weight is 277 g/mol. The predicted octanol–water partition coefficient (Wildman–Crippen LogP) is 1.44. The van der Waals surface area contributed by atoms with Gasteiger partial charge in [-0.1, -0.05) is 13.0 Å². The zero-order chi connectivity index (χ0) is 14.9. The van der Waals surface area contributed by atoms with Crippen molar-refractivity contribution in [2.24, 2.45) is 5.92 Å². The lowest BCUT2D eigenvalue weighted by Crippen LogP contribution is -2.40. The van der Waals surface area contributed by atoms with Gasteiger partial charge in [-0.15, -0.1) is 0 Å². The van der Waals surface area contributed by atoms with Gasteiger partial charge >= 0.3 is 5.97 Å². The SMILES string of the molecule is Cc1cc2c(cc1C)O[C@@H](C(=O)NC[C@H](C)C(=O)O)C2. The summed E-state index contributed by atoms with van der Waals surface area (Å²) >= 11 is 0. The van der Waals surface area contributed by atoms with Crippen LogP contribution in [0.25, 0.3) is 0 Å². The number of fused-ring (bicyclic) bond motifs is 1. The first-order valence-electron chi connectivity index (χ1n) is 6.65. The summed E-state index contributed by atoms with van der Waals surface area (Å²) in [6.07, 6.45) is -0.0313. The van der Waals surface area contributed by atoms with Crippen molar-refractivity contribution in [1.29, 1.82) is 0 Å². The maximum Gasteiger partial charge on any atom is 0.308 e. The third-order valence-electron chi connectivity index (χ3n) is 3.65. The fourth-order valence-electron chi connectivity index (χ4n) is 2.11. The number of carboxylic acid groups (broad SMARTS) is 1. The van der Waals surface area contributed by atoms with Crippen LogP contribution < -0.4 is 10.1 Å². The fraction of sp³-hybridized carbons (Fsp3) is 0.467. The number of ether oxygens (including phenoxy) is 1. The summed E-state index contributed by atoms with van der Waals surface area (Å²) in [7, 11) is 0. The van der Waals surface area contributed by atoms with E-state index < -0.39 is 18.0 Å². The molecule has 0 radical (unpaired) electrons. The molecule has 0 unspecified atom stereocenters. The molecule has 1 aliphatic rings. The molecule has 0 saturated carbocycles. The number of nitrogens with one attached hydrogen (secondary N) is 1. The van der Waals surface area contributed by atoms with Gasteiger partial charge in [0.25, 0.3) is 5.91 Å². The Hall–Kier alpha value is -2.04. The first-order chi connectivity index (χ1) is 9.38. The molecule has 20 heavy (non-hydrogen) atoms. The molecule has 0 saturated heterocycles. The molecule has 2 rings (SSSR count). The largest absolute Gasteiger partial charge is 0.481 e. The number of rotatable bonds is 4. The van der Waals surface area contributed by atoms with E-state index in [4.69, 9.17) is 9.84 Å². The van der Waals surface area contributed by atoms with Crippen LogP contribution in [0.3, 0.4) is 0 Å². The monoisotopic (exact) mass is 277 g/mol. The maximum absolute atomic E-state index is 12.0. The van der Waals surface area contributed by atoms with Crippen LogP contribution in [0.1, 0.15) is 23.6 Å². The zero-order valence-electron chi connectivity index (χ0n) is 11.9. The van der Waals surface area contributed by atoms with Crippen LogP contribution in [0.15, 0.2) is 12.1 Å². The van der Waals surface area contributed by atoms with Crippen LogP contribution in [0.5, 0.6) is 5.75 Å². The van der Waals surface area contributed by atoms with Gasteiger partial charge in [-0.05, 0) is 36.6 Å². The van der Waals surface area contributed by atoms with Crippen molar-refractivity contribution in [3.8, 4) is 5.75 Å². The molecule has 1 aromatic rings. The topological polar surface area (TPSA) is 75.6 Å². The first kappa shape index (κ1) is 14.4. The third-order valence-corrected chi connectivity index (χ3v) is 3.65. The van der Waals surface area contributed by atoms with E-state index in [0.29, 0.717) is 6.42 Å². The van der Waals surface area contributed by atoms with E-state index in [1.165, 1.54) is 5.56 Å². The van der Waals surface area contributed by atoms with Crippen molar-refractivity contribution in [2.75, 3.05) is 6.54 Å². The Morgan fingerprint density at radius 3 is 2.70 bits per heavy atom. The van der Waals surface area contributed by atoms with Gasteiger partial charge in [0.2, 0.25) is 0 Å². The highest BCUT2D eigenvalue weighted by atomic mass is 16.5. The molecular formula is C15H19NO4. The maximum atomic E-state index is 12.0. The number of carboxylic acids is 1. The fourth-order valence-corrected chi connectivity index (χ4v) is 2.11. The summed E-state index contributed by atoms with van der Waals surface area (Å²) in [4.78, 5) is 22.7. The number of hydrogen-bond donors (Lipinski definition) is 2. The van der Waals surface area contributed by atoms with E-state index in [1.807, 2.05) is 26.0 Å². The number of benzene rings is 1. The Kier molecular flexibility index (Phi) is 3.97. The first-order valence-corrected chi connectivity index (χ1v) is 6.65. The highest BCUT2D eigenvalue weighted by Crippen LogP contribution is 2.31. The number of aryl methyl sites for hydroxylation is 2. The minimum Gasteiger partial charge on any atom is -0.481 e. The van der Waals surface area contributed by atoms with Gasteiger partial charge in [-0.3, -0.25) is 9.59 Å². The summed E-state index contributed by atoms with van der Waals surface area (Å²) in [5.41, 5.74) is 3.33. The highest BCUT2D eigenvalue weighted by Gasteiger charge is 2.29. The Morgan fingerprint density at radius 1 is 1.40 bits per heavy atom. The molecule has 1 amide bonds. The van der Waals surface area contributed by atoms with Gasteiger partial charge in [-0.25, -0.2) is 0 Å². The normalized spacial score (nSPS) is 18.1.